The summed E-state index contributed by atoms with van der Waals surface area (Å²) < 4.78 is 5.29. The van der Waals surface area contributed by atoms with Crippen molar-refractivity contribution in [1.82, 2.24) is 5.43 Å². The van der Waals surface area contributed by atoms with E-state index in [1.165, 1.54) is 0 Å². The van der Waals surface area contributed by atoms with E-state index in [2.05, 4.69) is 10.5 Å². The first-order valence-electron chi connectivity index (χ1n) is 3.84. The van der Waals surface area contributed by atoms with E-state index in [4.69, 9.17) is 10.5 Å². The molecule has 0 aliphatic carbocycles. The summed E-state index contributed by atoms with van der Waals surface area (Å²) in [6.45, 7) is 4.44. The molecule has 12 heavy (non-hydrogen) atoms. The molecule has 1 fully saturated rings. The Balaban J connectivity index is 2.52. The maximum absolute atomic E-state index is 10.3. The van der Waals surface area contributed by atoms with Crippen LogP contribution in [0.3, 0.4) is 0 Å². The van der Waals surface area contributed by atoms with Gasteiger partial charge in [-0.05, 0) is 6.92 Å². The summed E-state index contributed by atoms with van der Waals surface area (Å²) in [5.41, 5.74) is 7.87. The topological polar surface area (TPSA) is 76.7 Å². The molecule has 2 amide bonds. The molecular weight excluding hydrogens is 158 g/mol. The number of hydrazone groups is 1. The Hall–Kier alpha value is -1.10. The number of nitrogens with two attached hydrogens (primary N) is 1. The molecule has 5 nitrogen and oxygen atoms in total. The first kappa shape index (κ1) is 8.99. The zero-order chi connectivity index (χ0) is 9.14. The summed E-state index contributed by atoms with van der Waals surface area (Å²) in [5, 5.41) is 3.82. The third-order valence-corrected chi connectivity index (χ3v) is 2.03. The number of nitrogens with zero attached hydrogens (tertiary/aromatic N) is 1. The van der Waals surface area contributed by atoms with E-state index in [9.17, 15) is 4.79 Å². The molecule has 2 unspecified atom stereocenters. The van der Waals surface area contributed by atoms with Crippen LogP contribution in [0.15, 0.2) is 5.10 Å². The van der Waals surface area contributed by atoms with Crippen molar-refractivity contribution in [3.63, 3.8) is 0 Å². The molecule has 0 radical (unpaired) electrons. The molecule has 3 N–H and O–H groups in total. The molecule has 1 aliphatic rings. The number of rotatable bonds is 1. The molecule has 0 aromatic carbocycles. The van der Waals surface area contributed by atoms with Crippen molar-refractivity contribution < 1.29 is 9.53 Å². The number of ether oxygens (including phenoxy) is 1. The van der Waals surface area contributed by atoms with Gasteiger partial charge < -0.3 is 10.5 Å². The van der Waals surface area contributed by atoms with Gasteiger partial charge in [-0.3, -0.25) is 0 Å². The van der Waals surface area contributed by atoms with Crippen molar-refractivity contribution >= 4 is 11.7 Å². The predicted molar refractivity (Wildman–Crippen MR) is 44.7 cm³/mol. The molecule has 2 atom stereocenters. The zero-order valence-electron chi connectivity index (χ0n) is 7.20. The third-order valence-electron chi connectivity index (χ3n) is 2.03. The molecule has 1 saturated heterocycles. The number of carbonyl (C=O) groups excluding carboxylic acids is 1. The Labute approximate surface area is 71.0 Å². The monoisotopic (exact) mass is 171 g/mol. The normalized spacial score (nSPS) is 32.3. The highest BCUT2D eigenvalue weighted by molar-refractivity contribution is 5.90. The quantitative estimate of drug-likeness (QED) is 0.547. The first-order valence-corrected chi connectivity index (χ1v) is 3.84. The zero-order valence-corrected chi connectivity index (χ0v) is 7.20. The van der Waals surface area contributed by atoms with Gasteiger partial charge in [0.05, 0.1) is 18.4 Å². The Morgan fingerprint density at radius 3 is 2.83 bits per heavy atom. The van der Waals surface area contributed by atoms with Crippen molar-refractivity contribution in [1.29, 1.82) is 0 Å². The average molecular weight is 171 g/mol. The van der Waals surface area contributed by atoms with Crippen molar-refractivity contribution in [3.8, 4) is 0 Å². The fourth-order valence-corrected chi connectivity index (χ4v) is 1.02. The average Bonchev–Trinajstić information content (AvgIpc) is 2.30. The minimum Gasteiger partial charge on any atom is -0.372 e. The first-order chi connectivity index (χ1) is 5.61. The minimum absolute atomic E-state index is 0.165. The maximum atomic E-state index is 10.3. The third kappa shape index (κ3) is 1.94. The summed E-state index contributed by atoms with van der Waals surface area (Å²) >= 11 is 0. The van der Waals surface area contributed by atoms with Gasteiger partial charge in [0.2, 0.25) is 0 Å². The molecule has 1 aliphatic heterocycles. The molecule has 1 heterocycles. The smallest absolute Gasteiger partial charge is 0.332 e. The highest BCUT2D eigenvalue weighted by Crippen LogP contribution is 2.16. The van der Waals surface area contributed by atoms with Crippen LogP contribution >= 0.6 is 0 Å². The number of nitrogens with one attached hydrogen (secondary N) is 1. The molecule has 0 saturated carbocycles. The van der Waals surface area contributed by atoms with Crippen LogP contribution in [0.1, 0.15) is 13.8 Å². The lowest BCUT2D eigenvalue weighted by Gasteiger charge is -2.06. The van der Waals surface area contributed by atoms with Crippen LogP contribution in [0.2, 0.25) is 0 Å². The molecule has 5 heteroatoms. The number of hydrogen-bond donors (Lipinski definition) is 2. The van der Waals surface area contributed by atoms with Crippen molar-refractivity contribution in [2.45, 2.75) is 20.0 Å². The molecule has 1 rings (SSSR count). The molecule has 0 aromatic heterocycles. The predicted octanol–water partition coefficient (Wildman–Crippen LogP) is 0.0655. The lowest BCUT2D eigenvalue weighted by molar-refractivity contribution is 0.110. The highest BCUT2D eigenvalue weighted by atomic mass is 16.5. The van der Waals surface area contributed by atoms with Gasteiger partial charge in [-0.15, -0.1) is 0 Å². The van der Waals surface area contributed by atoms with Crippen LogP contribution in [-0.4, -0.2) is 24.5 Å². The van der Waals surface area contributed by atoms with Crippen LogP contribution in [-0.2, 0) is 4.74 Å². The van der Waals surface area contributed by atoms with Gasteiger partial charge in [-0.2, -0.15) is 5.10 Å². The van der Waals surface area contributed by atoms with Crippen molar-refractivity contribution in [3.05, 3.63) is 0 Å². The summed E-state index contributed by atoms with van der Waals surface area (Å²) in [6.07, 6.45) is 0.165. The number of carbonyl (C=O) groups is 1. The van der Waals surface area contributed by atoms with E-state index in [1.54, 1.807) is 0 Å². The van der Waals surface area contributed by atoms with E-state index < -0.39 is 6.03 Å². The van der Waals surface area contributed by atoms with Crippen LogP contribution in [0.5, 0.6) is 0 Å². The fourth-order valence-electron chi connectivity index (χ4n) is 1.02. The van der Waals surface area contributed by atoms with E-state index in [0.717, 1.165) is 5.71 Å². The molecule has 0 bridgehead atoms. The second kappa shape index (κ2) is 3.53. The standard InChI is InChI=1S/C7H13N3O2/c1-4-5(2)12-3-6(4)9-10-7(8)11/h4-5H,3H2,1-2H3,(H3,8,10,11)/b9-6+. The Morgan fingerprint density at radius 2 is 2.42 bits per heavy atom. The SMILES string of the molecule is CC1OC/C(=N\NC(N)=O)C1C. The maximum Gasteiger partial charge on any atom is 0.332 e. The van der Waals surface area contributed by atoms with Gasteiger partial charge in [0.25, 0.3) is 0 Å². The van der Waals surface area contributed by atoms with Crippen molar-refractivity contribution in [2.75, 3.05) is 6.61 Å². The number of urea groups is 1. The fraction of sp³-hybridized carbons (Fsp3) is 0.714. The summed E-state index contributed by atoms with van der Waals surface area (Å²) in [5.74, 6) is 0.247. The Bertz CT molecular complexity index is 215. The number of amides is 2. The summed E-state index contributed by atoms with van der Waals surface area (Å²) in [4.78, 5) is 10.3. The summed E-state index contributed by atoms with van der Waals surface area (Å²) in [6, 6.07) is -0.644. The van der Waals surface area contributed by atoms with Crippen LogP contribution < -0.4 is 11.2 Å². The van der Waals surface area contributed by atoms with Crippen LogP contribution in [0.4, 0.5) is 4.79 Å². The van der Waals surface area contributed by atoms with Gasteiger partial charge in [0.15, 0.2) is 0 Å². The minimum atomic E-state index is -0.644. The second-order valence-electron chi connectivity index (χ2n) is 2.88. The lowest BCUT2D eigenvalue weighted by atomic mass is 10.0. The number of primary amides is 1. The molecule has 0 spiro atoms. The Morgan fingerprint density at radius 1 is 1.75 bits per heavy atom. The highest BCUT2D eigenvalue weighted by Gasteiger charge is 2.26. The lowest BCUT2D eigenvalue weighted by Crippen LogP contribution is -2.27. The largest absolute Gasteiger partial charge is 0.372 e. The number of hydrogen-bond acceptors (Lipinski definition) is 3. The van der Waals surface area contributed by atoms with Crippen LogP contribution in [0.25, 0.3) is 0 Å². The van der Waals surface area contributed by atoms with E-state index in [-0.39, 0.29) is 12.0 Å². The second-order valence-corrected chi connectivity index (χ2v) is 2.88. The molecular formula is C7H13N3O2. The van der Waals surface area contributed by atoms with Gasteiger partial charge in [-0.1, -0.05) is 6.92 Å². The molecule has 0 aromatic rings. The van der Waals surface area contributed by atoms with Gasteiger partial charge in [0.1, 0.15) is 0 Å². The van der Waals surface area contributed by atoms with Gasteiger partial charge in [0, 0.05) is 5.92 Å². The van der Waals surface area contributed by atoms with Crippen molar-refractivity contribution in [2.24, 2.45) is 16.8 Å². The van der Waals surface area contributed by atoms with Gasteiger partial charge in [-0.25, -0.2) is 10.2 Å². The van der Waals surface area contributed by atoms with E-state index in [1.807, 2.05) is 13.8 Å². The van der Waals surface area contributed by atoms with Crippen LogP contribution in [0, 0.1) is 5.92 Å². The molecule has 68 valence electrons. The Kier molecular flexibility index (Phi) is 2.65. The summed E-state index contributed by atoms with van der Waals surface area (Å²) in [7, 11) is 0. The van der Waals surface area contributed by atoms with Gasteiger partial charge >= 0.3 is 6.03 Å². The van der Waals surface area contributed by atoms with E-state index in [0.29, 0.717) is 6.61 Å². The van der Waals surface area contributed by atoms with E-state index >= 15 is 0 Å².